The topological polar surface area (TPSA) is 130 Å². The average Bonchev–Trinajstić information content (AvgIpc) is 2.91. The van der Waals surface area contributed by atoms with Crippen molar-refractivity contribution >= 4 is 32.3 Å². The molecule has 1 amide bonds. The molecule has 2 aromatic carbocycles. The Hall–Kier alpha value is -2.56. The molecule has 0 bridgehead atoms. The molecule has 0 aliphatic carbocycles. The highest BCUT2D eigenvalue weighted by Crippen LogP contribution is 2.51. The van der Waals surface area contributed by atoms with Gasteiger partial charge < -0.3 is 15.5 Å². The van der Waals surface area contributed by atoms with Gasteiger partial charge in [0.1, 0.15) is 11.8 Å². The number of carboxylic acid groups (broad SMARTS) is 1. The first-order valence-corrected chi connectivity index (χ1v) is 19.0. The number of aromatic hydroxyl groups is 1. The van der Waals surface area contributed by atoms with Crippen LogP contribution in [-0.4, -0.2) is 55.3 Å². The normalized spacial score (nSPS) is 12.6. The second kappa shape index (κ2) is 20.4. The van der Waals surface area contributed by atoms with Gasteiger partial charge in [0.2, 0.25) is 5.91 Å². The van der Waals surface area contributed by atoms with Crippen molar-refractivity contribution in [2.45, 2.75) is 101 Å². The van der Waals surface area contributed by atoms with E-state index in [0.29, 0.717) is 12.8 Å². The van der Waals surface area contributed by atoms with Gasteiger partial charge in [0.25, 0.3) is 10.1 Å². The minimum atomic E-state index is -3.47. The van der Waals surface area contributed by atoms with E-state index < -0.39 is 32.4 Å². The Labute approximate surface area is 254 Å². The molecule has 1 atom stereocenters. The summed E-state index contributed by atoms with van der Waals surface area (Å²) in [7, 11) is -5.30. The SMILES string of the molecule is CCCCCCCCCCCCCC(=O)NC(Cc1ccccc1)C(=O)O.CS(C)(OS(C)(=O)=O)c1ccc(O)cc1. The molecule has 1 unspecified atom stereocenters. The minimum Gasteiger partial charge on any atom is -0.508 e. The zero-order valence-electron chi connectivity index (χ0n) is 25.7. The molecule has 3 N–H and O–H groups in total. The van der Waals surface area contributed by atoms with Crippen molar-refractivity contribution in [1.82, 2.24) is 5.32 Å². The number of phenolic OH excluding ortho intramolecular Hbond substituents is 1. The molecule has 0 fully saturated rings. The van der Waals surface area contributed by atoms with Gasteiger partial charge in [-0.2, -0.15) is 8.42 Å². The Balaban J connectivity index is 0.000000495. The van der Waals surface area contributed by atoms with Crippen LogP contribution in [0.25, 0.3) is 0 Å². The van der Waals surface area contributed by atoms with Crippen LogP contribution in [0.2, 0.25) is 0 Å². The first-order chi connectivity index (χ1) is 19.8. The van der Waals surface area contributed by atoms with Crippen LogP contribution in [0.4, 0.5) is 0 Å². The maximum Gasteiger partial charge on any atom is 0.326 e. The second-order valence-corrected chi connectivity index (χ2v) is 15.8. The molecule has 2 aromatic rings. The number of unbranched alkanes of at least 4 members (excludes halogenated alkanes) is 10. The quantitative estimate of drug-likeness (QED) is 0.141. The largest absolute Gasteiger partial charge is 0.508 e. The maximum atomic E-state index is 12.0. The molecule has 0 aromatic heterocycles. The fourth-order valence-electron chi connectivity index (χ4n) is 4.39. The Morgan fingerprint density at radius 2 is 1.29 bits per heavy atom. The third-order valence-electron chi connectivity index (χ3n) is 6.62. The third kappa shape index (κ3) is 18.1. The standard InChI is InChI=1S/C23H37NO3.C9H14O4S2/c1-2-3-4-5-6-7-8-9-10-11-15-18-22(25)24-21(23(26)27)19-20-16-13-12-14-17-20;1-14(2,13-15(3,11)12)9-6-4-8(10)5-7-9/h12-14,16-17,21H,2-11,15,18-19H2,1H3,(H,24,25)(H,26,27);4-7,10H,1-3H3. The Morgan fingerprint density at radius 3 is 1.76 bits per heavy atom. The van der Waals surface area contributed by atoms with E-state index in [2.05, 4.69) is 12.2 Å². The fourth-order valence-corrected chi connectivity index (χ4v) is 7.97. The number of nitrogens with one attached hydrogen (secondary N) is 1. The number of carboxylic acids is 1. The third-order valence-corrected chi connectivity index (χ3v) is 10.4. The smallest absolute Gasteiger partial charge is 0.326 e. The first kappa shape index (κ1) is 37.5. The summed E-state index contributed by atoms with van der Waals surface area (Å²) in [6, 6.07) is 14.9. The molecule has 10 heteroatoms. The van der Waals surface area contributed by atoms with Gasteiger partial charge in [-0.05, 0) is 48.8 Å². The van der Waals surface area contributed by atoms with E-state index in [9.17, 15) is 23.1 Å². The lowest BCUT2D eigenvalue weighted by Gasteiger charge is -2.29. The number of carbonyl (C=O) groups is 2. The summed E-state index contributed by atoms with van der Waals surface area (Å²) in [6.07, 6.45) is 18.9. The molecular weight excluding hydrogens is 574 g/mol. The number of aliphatic carboxylic acids is 1. The van der Waals surface area contributed by atoms with E-state index in [1.165, 1.54) is 63.5 Å². The predicted octanol–water partition coefficient (Wildman–Crippen LogP) is 7.21. The number of amides is 1. The van der Waals surface area contributed by atoms with Crippen LogP contribution >= 0.6 is 10.3 Å². The summed E-state index contributed by atoms with van der Waals surface area (Å²) in [6.45, 7) is 2.24. The van der Waals surface area contributed by atoms with E-state index in [1.807, 2.05) is 30.3 Å². The molecular formula is C32H51NO7S2. The Bertz CT molecular complexity index is 1140. The first-order valence-electron chi connectivity index (χ1n) is 14.8. The molecule has 0 saturated carbocycles. The summed E-state index contributed by atoms with van der Waals surface area (Å²) in [5.41, 5.74) is 0.917. The molecule has 2 rings (SSSR count). The van der Waals surface area contributed by atoms with Crippen molar-refractivity contribution in [3.05, 3.63) is 60.2 Å². The Morgan fingerprint density at radius 1 is 0.786 bits per heavy atom. The van der Waals surface area contributed by atoms with Gasteiger partial charge in [0.15, 0.2) is 0 Å². The minimum absolute atomic E-state index is 0.147. The molecule has 42 heavy (non-hydrogen) atoms. The molecule has 0 aliphatic heterocycles. The van der Waals surface area contributed by atoms with Crippen molar-refractivity contribution in [3.63, 3.8) is 0 Å². The van der Waals surface area contributed by atoms with Crippen LogP contribution < -0.4 is 5.32 Å². The van der Waals surface area contributed by atoms with Gasteiger partial charge in [-0.3, -0.25) is 4.79 Å². The highest BCUT2D eigenvalue weighted by atomic mass is 32.3. The van der Waals surface area contributed by atoms with Crippen LogP contribution in [0.15, 0.2) is 59.5 Å². The van der Waals surface area contributed by atoms with Crippen LogP contribution in [0.1, 0.15) is 89.5 Å². The summed E-state index contributed by atoms with van der Waals surface area (Å²) in [4.78, 5) is 24.2. The number of carbonyl (C=O) groups excluding carboxylic acids is 1. The van der Waals surface area contributed by atoms with Gasteiger partial charge in [-0.15, -0.1) is 0 Å². The number of rotatable bonds is 19. The lowest BCUT2D eigenvalue weighted by Crippen LogP contribution is -2.42. The summed E-state index contributed by atoms with van der Waals surface area (Å²) < 4.78 is 27.1. The highest BCUT2D eigenvalue weighted by Gasteiger charge is 2.21. The zero-order chi connectivity index (χ0) is 31.4. The van der Waals surface area contributed by atoms with Gasteiger partial charge in [0.05, 0.1) is 6.26 Å². The molecule has 238 valence electrons. The number of hydrogen-bond acceptors (Lipinski definition) is 6. The summed E-state index contributed by atoms with van der Waals surface area (Å²) in [5.74, 6) is -0.992. The van der Waals surface area contributed by atoms with Gasteiger partial charge in [0, 0.05) is 17.7 Å². The Kier molecular flexibility index (Phi) is 18.2. The van der Waals surface area contributed by atoms with Crippen molar-refractivity contribution in [1.29, 1.82) is 0 Å². The molecule has 0 radical (unpaired) electrons. The maximum absolute atomic E-state index is 12.0. The average molecular weight is 626 g/mol. The van der Waals surface area contributed by atoms with Crippen LogP contribution in [0, 0.1) is 0 Å². The number of phenols is 1. The molecule has 0 aliphatic rings. The molecule has 0 spiro atoms. The lowest BCUT2D eigenvalue weighted by atomic mass is 10.0. The van der Waals surface area contributed by atoms with E-state index in [0.717, 1.165) is 36.0 Å². The van der Waals surface area contributed by atoms with E-state index in [-0.39, 0.29) is 11.7 Å². The monoisotopic (exact) mass is 625 g/mol. The van der Waals surface area contributed by atoms with E-state index >= 15 is 0 Å². The highest BCUT2D eigenvalue weighted by molar-refractivity contribution is 8.32. The summed E-state index contributed by atoms with van der Waals surface area (Å²) in [5, 5.41) is 21.1. The lowest BCUT2D eigenvalue weighted by molar-refractivity contribution is -0.141. The van der Waals surface area contributed by atoms with Crippen LogP contribution in [0.3, 0.4) is 0 Å². The second-order valence-electron chi connectivity index (χ2n) is 10.9. The summed E-state index contributed by atoms with van der Waals surface area (Å²) >= 11 is 0. The zero-order valence-corrected chi connectivity index (χ0v) is 27.4. The molecule has 0 saturated heterocycles. The van der Waals surface area contributed by atoms with Crippen molar-refractivity contribution in [3.8, 4) is 5.75 Å². The van der Waals surface area contributed by atoms with Gasteiger partial charge in [-0.25, -0.2) is 8.42 Å². The number of benzene rings is 2. The molecule has 0 heterocycles. The van der Waals surface area contributed by atoms with Crippen molar-refractivity contribution in [2.24, 2.45) is 0 Å². The number of hydrogen-bond donors (Lipinski definition) is 3. The van der Waals surface area contributed by atoms with Crippen LogP contribution in [0.5, 0.6) is 5.75 Å². The fraction of sp³-hybridized carbons (Fsp3) is 0.562. The van der Waals surface area contributed by atoms with E-state index in [4.69, 9.17) is 8.74 Å². The van der Waals surface area contributed by atoms with Gasteiger partial charge in [-0.1, -0.05) is 112 Å². The predicted molar refractivity (Wildman–Crippen MR) is 173 cm³/mol. The van der Waals surface area contributed by atoms with Gasteiger partial charge >= 0.3 is 5.97 Å². The molecule has 8 nitrogen and oxygen atoms in total. The van der Waals surface area contributed by atoms with Crippen molar-refractivity contribution in [2.75, 3.05) is 18.8 Å². The van der Waals surface area contributed by atoms with E-state index in [1.54, 1.807) is 24.6 Å². The van der Waals surface area contributed by atoms with Crippen molar-refractivity contribution < 1.29 is 31.8 Å². The van der Waals surface area contributed by atoms with Crippen LogP contribution in [-0.2, 0) is 29.8 Å².